The molecular weight excluding hydrogens is 284 g/mol. The van der Waals surface area contributed by atoms with Gasteiger partial charge in [0.25, 0.3) is 0 Å². The highest BCUT2D eigenvalue weighted by molar-refractivity contribution is 8.02. The Morgan fingerprint density at radius 3 is 2.27 bits per heavy atom. The van der Waals surface area contributed by atoms with Crippen molar-refractivity contribution in [2.75, 3.05) is 0 Å². The minimum atomic E-state index is 0.477. The fraction of sp³-hybridized carbons (Fsp3) is 0.143. The maximum Gasteiger partial charge on any atom is 0.0341 e. The third-order valence-corrected chi connectivity index (χ3v) is 5.67. The molecule has 0 saturated heterocycles. The predicted octanol–water partition coefficient (Wildman–Crippen LogP) is 6.82. The van der Waals surface area contributed by atoms with Crippen LogP contribution in [0.15, 0.2) is 66.6 Å². The van der Waals surface area contributed by atoms with Gasteiger partial charge in [0.1, 0.15) is 0 Å². The lowest BCUT2D eigenvalue weighted by atomic mass is 9.96. The van der Waals surface area contributed by atoms with Gasteiger partial charge in [-0.15, -0.1) is 11.8 Å². The largest absolute Gasteiger partial charge is 0.127 e. The van der Waals surface area contributed by atoms with Gasteiger partial charge in [0.05, 0.1) is 0 Å². The number of thioether (sulfide) groups is 1. The topological polar surface area (TPSA) is 0 Å². The van der Waals surface area contributed by atoms with E-state index in [1.807, 2.05) is 17.2 Å². The maximum absolute atomic E-state index is 3.90. The zero-order chi connectivity index (χ0) is 15.1. The van der Waals surface area contributed by atoms with Crippen LogP contribution in [0, 0.1) is 0 Å². The second-order valence-corrected chi connectivity index (χ2v) is 6.85. The summed E-state index contributed by atoms with van der Waals surface area (Å²) in [5, 5.41) is 5.26. The highest BCUT2D eigenvalue weighted by Crippen LogP contribution is 2.49. The first-order chi connectivity index (χ1) is 10.8. The van der Waals surface area contributed by atoms with Crippen LogP contribution in [-0.2, 0) is 0 Å². The molecule has 0 nitrogen and oxygen atoms in total. The number of hydrogen-bond acceptors (Lipinski definition) is 1. The summed E-state index contributed by atoms with van der Waals surface area (Å²) in [4.78, 5) is 0. The van der Waals surface area contributed by atoms with Crippen molar-refractivity contribution in [3.05, 3.63) is 72.1 Å². The van der Waals surface area contributed by atoms with Crippen LogP contribution in [0.1, 0.15) is 24.2 Å². The van der Waals surface area contributed by atoms with E-state index < -0.39 is 0 Å². The average Bonchev–Trinajstić information content (AvgIpc) is 2.90. The first kappa shape index (κ1) is 13.7. The molecule has 3 aromatic rings. The van der Waals surface area contributed by atoms with E-state index in [-0.39, 0.29) is 0 Å². The van der Waals surface area contributed by atoms with Gasteiger partial charge >= 0.3 is 0 Å². The number of benzene rings is 3. The summed E-state index contributed by atoms with van der Waals surface area (Å²) in [6.45, 7) is 6.15. The maximum atomic E-state index is 3.90. The van der Waals surface area contributed by atoms with Gasteiger partial charge in [-0.3, -0.25) is 0 Å². The van der Waals surface area contributed by atoms with Crippen molar-refractivity contribution in [2.24, 2.45) is 0 Å². The Morgan fingerprint density at radius 1 is 0.909 bits per heavy atom. The molecule has 0 radical (unpaired) electrons. The van der Waals surface area contributed by atoms with E-state index in [1.165, 1.54) is 38.6 Å². The fourth-order valence-corrected chi connectivity index (χ4v) is 4.39. The molecule has 1 atom stereocenters. The van der Waals surface area contributed by atoms with Crippen molar-refractivity contribution in [2.45, 2.75) is 18.6 Å². The molecule has 4 rings (SSSR count). The quantitative estimate of drug-likeness (QED) is 0.399. The Balaban J connectivity index is 2.03. The Bertz CT molecular complexity index is 847. The van der Waals surface area contributed by atoms with Crippen molar-refractivity contribution >= 4 is 22.5 Å². The van der Waals surface area contributed by atoms with E-state index in [1.54, 1.807) is 0 Å². The van der Waals surface area contributed by atoms with E-state index >= 15 is 0 Å². The van der Waals surface area contributed by atoms with Crippen LogP contribution >= 0.6 is 11.8 Å². The minimum Gasteiger partial charge on any atom is -0.127 e. The van der Waals surface area contributed by atoms with Gasteiger partial charge < -0.3 is 0 Å². The Morgan fingerprint density at radius 2 is 1.59 bits per heavy atom. The van der Waals surface area contributed by atoms with Crippen LogP contribution in [0.25, 0.3) is 33.0 Å². The molecular formula is C21H18S. The number of hydrogen-bond donors (Lipinski definition) is 0. The second kappa shape index (κ2) is 5.33. The SMILES string of the molecule is C=CSC(CC)c1ccc2c3c(cccc13)-c1ccccc1-2. The molecule has 22 heavy (non-hydrogen) atoms. The lowest BCUT2D eigenvalue weighted by Gasteiger charge is -2.16. The van der Waals surface area contributed by atoms with Crippen molar-refractivity contribution in [3.8, 4) is 22.3 Å². The molecule has 0 fully saturated rings. The monoisotopic (exact) mass is 302 g/mol. The Kier molecular flexibility index (Phi) is 3.31. The Labute approximate surface area is 135 Å². The second-order valence-electron chi connectivity index (χ2n) is 5.68. The van der Waals surface area contributed by atoms with Crippen LogP contribution in [0.5, 0.6) is 0 Å². The molecule has 1 aliphatic rings. The van der Waals surface area contributed by atoms with Gasteiger partial charge in [-0.1, -0.05) is 68.1 Å². The third kappa shape index (κ3) is 1.85. The third-order valence-electron chi connectivity index (χ3n) is 4.56. The summed E-state index contributed by atoms with van der Waals surface area (Å²) in [7, 11) is 0. The van der Waals surface area contributed by atoms with Gasteiger partial charge in [0.15, 0.2) is 0 Å². The van der Waals surface area contributed by atoms with E-state index in [4.69, 9.17) is 0 Å². The first-order valence-corrected chi connectivity index (χ1v) is 8.71. The molecule has 3 aromatic carbocycles. The molecule has 1 unspecified atom stereocenters. The molecule has 0 amide bonds. The molecule has 0 N–H and O–H groups in total. The lowest BCUT2D eigenvalue weighted by Crippen LogP contribution is -1.93. The fourth-order valence-electron chi connectivity index (χ4n) is 3.62. The highest BCUT2D eigenvalue weighted by Gasteiger charge is 2.23. The summed E-state index contributed by atoms with van der Waals surface area (Å²) in [6, 6.07) is 20.1. The summed E-state index contributed by atoms with van der Waals surface area (Å²) >= 11 is 1.82. The van der Waals surface area contributed by atoms with E-state index in [9.17, 15) is 0 Å². The normalized spacial score (nSPS) is 13.1. The molecule has 108 valence electrons. The molecule has 0 heterocycles. The average molecular weight is 302 g/mol. The predicted molar refractivity (Wildman–Crippen MR) is 99.2 cm³/mol. The first-order valence-electron chi connectivity index (χ1n) is 7.77. The minimum absolute atomic E-state index is 0.477. The van der Waals surface area contributed by atoms with Crippen molar-refractivity contribution in [1.29, 1.82) is 0 Å². The van der Waals surface area contributed by atoms with Crippen LogP contribution in [0.2, 0.25) is 0 Å². The molecule has 0 saturated carbocycles. The Hall–Kier alpha value is -1.99. The number of rotatable bonds is 4. The van der Waals surface area contributed by atoms with Crippen molar-refractivity contribution < 1.29 is 0 Å². The molecule has 0 aromatic heterocycles. The van der Waals surface area contributed by atoms with Crippen molar-refractivity contribution in [1.82, 2.24) is 0 Å². The van der Waals surface area contributed by atoms with Crippen molar-refractivity contribution in [3.63, 3.8) is 0 Å². The summed E-state index contributed by atoms with van der Waals surface area (Å²) in [5.41, 5.74) is 6.92. The van der Waals surface area contributed by atoms with E-state index in [2.05, 4.69) is 68.1 Å². The highest BCUT2D eigenvalue weighted by atomic mass is 32.2. The molecule has 1 aliphatic carbocycles. The van der Waals surface area contributed by atoms with Crippen LogP contribution < -0.4 is 0 Å². The molecule has 1 heteroatoms. The van der Waals surface area contributed by atoms with E-state index in [0.29, 0.717) is 5.25 Å². The van der Waals surface area contributed by atoms with Gasteiger partial charge in [-0.05, 0) is 50.4 Å². The van der Waals surface area contributed by atoms with Gasteiger partial charge in [-0.2, -0.15) is 0 Å². The summed E-state index contributed by atoms with van der Waals surface area (Å²) in [6.07, 6.45) is 1.11. The van der Waals surface area contributed by atoms with Crippen LogP contribution in [0.3, 0.4) is 0 Å². The number of fused-ring (bicyclic) bond motifs is 3. The molecule has 0 bridgehead atoms. The summed E-state index contributed by atoms with van der Waals surface area (Å²) < 4.78 is 0. The van der Waals surface area contributed by atoms with Gasteiger partial charge in [-0.25, -0.2) is 0 Å². The molecule has 0 spiro atoms. The standard InChI is InChI=1S/C21H18S/c1-3-20(22-4-2)16-12-13-19-15-9-6-5-8-14(15)17-10-7-11-18(16)21(17)19/h4-13,20H,2-3H2,1H3. The van der Waals surface area contributed by atoms with Gasteiger partial charge in [0, 0.05) is 5.25 Å². The lowest BCUT2D eigenvalue weighted by molar-refractivity contribution is 0.907. The van der Waals surface area contributed by atoms with Crippen LogP contribution in [-0.4, -0.2) is 0 Å². The zero-order valence-electron chi connectivity index (χ0n) is 12.7. The van der Waals surface area contributed by atoms with E-state index in [0.717, 1.165) is 6.42 Å². The zero-order valence-corrected chi connectivity index (χ0v) is 13.5. The van der Waals surface area contributed by atoms with Gasteiger partial charge in [0.2, 0.25) is 0 Å². The van der Waals surface area contributed by atoms with Crippen LogP contribution in [0.4, 0.5) is 0 Å². The molecule has 0 aliphatic heterocycles. The summed E-state index contributed by atoms with van der Waals surface area (Å²) in [5.74, 6) is 0. The smallest absolute Gasteiger partial charge is 0.0341 e.